The van der Waals surface area contributed by atoms with Gasteiger partial charge in [-0.05, 0) is 52.4 Å². The van der Waals surface area contributed by atoms with E-state index in [9.17, 15) is 0 Å². The largest absolute Gasteiger partial charge is 2.00 e. The third-order valence-corrected chi connectivity index (χ3v) is 2.92. The Hall–Kier alpha value is -0.417. The van der Waals surface area contributed by atoms with Crippen molar-refractivity contribution in [3.05, 3.63) is 47.6 Å². The van der Waals surface area contributed by atoms with Gasteiger partial charge in [0.25, 0.3) is 0 Å². The molecule has 0 heterocycles. The summed E-state index contributed by atoms with van der Waals surface area (Å²) >= 11 is 0. The number of allylic oxidation sites excluding steroid dienone is 6. The molecule has 1 aliphatic rings. The molecule has 0 bridgehead atoms. The summed E-state index contributed by atoms with van der Waals surface area (Å²) in [5, 5.41) is 0. The molecule has 0 fully saturated rings. The van der Waals surface area contributed by atoms with Gasteiger partial charge in [-0.15, -0.1) is 0 Å². The minimum Gasteiger partial charge on any atom is -0.0998 e. The Morgan fingerprint density at radius 2 is 1.29 bits per heavy atom. The van der Waals surface area contributed by atoms with Crippen LogP contribution in [0.2, 0.25) is 0 Å². The zero-order valence-electron chi connectivity index (χ0n) is 11.2. The van der Waals surface area contributed by atoms with Crippen LogP contribution in [0, 0.1) is 0 Å². The van der Waals surface area contributed by atoms with Crippen LogP contribution < -0.4 is 0 Å². The first-order chi connectivity index (χ1) is 7.59. The van der Waals surface area contributed by atoms with Crippen LogP contribution in [0.3, 0.4) is 0 Å². The van der Waals surface area contributed by atoms with E-state index in [0.717, 1.165) is 12.8 Å². The average molecular weight is 317 g/mol. The predicted molar refractivity (Wildman–Crippen MR) is 73.5 cm³/mol. The number of hydrogen-bond acceptors (Lipinski definition) is 0. The molecule has 0 nitrogen and oxygen atoms in total. The summed E-state index contributed by atoms with van der Waals surface area (Å²) in [6.45, 7) is 12.3. The summed E-state index contributed by atoms with van der Waals surface area (Å²) in [6, 6.07) is 0. The van der Waals surface area contributed by atoms with Crippen LogP contribution in [0.25, 0.3) is 0 Å². The Kier molecular flexibility index (Phi) is 8.43. The van der Waals surface area contributed by atoms with E-state index in [1.807, 2.05) is 0 Å². The minimum absolute atomic E-state index is 0. The SMILES string of the molecule is C=C(C)C/C1=C(\CC(=C)C)CC/C=C\CC1.[Ru+2]. The molecule has 0 aliphatic heterocycles. The number of rotatable bonds is 4. The van der Waals surface area contributed by atoms with Gasteiger partial charge in [-0.1, -0.05) is 47.6 Å². The fourth-order valence-electron chi connectivity index (χ4n) is 2.26. The monoisotopic (exact) mass is 318 g/mol. The van der Waals surface area contributed by atoms with E-state index >= 15 is 0 Å². The summed E-state index contributed by atoms with van der Waals surface area (Å²) in [7, 11) is 0. The van der Waals surface area contributed by atoms with Gasteiger partial charge in [0.2, 0.25) is 0 Å². The van der Waals surface area contributed by atoms with E-state index < -0.39 is 0 Å². The van der Waals surface area contributed by atoms with Gasteiger partial charge in [0.1, 0.15) is 0 Å². The van der Waals surface area contributed by atoms with Crippen molar-refractivity contribution < 1.29 is 19.5 Å². The second-order valence-corrected chi connectivity index (χ2v) is 5.02. The second kappa shape index (κ2) is 8.64. The quantitative estimate of drug-likeness (QED) is 0.485. The van der Waals surface area contributed by atoms with Gasteiger partial charge in [-0.25, -0.2) is 0 Å². The Morgan fingerprint density at radius 1 is 0.941 bits per heavy atom. The third-order valence-electron chi connectivity index (χ3n) is 2.92. The summed E-state index contributed by atoms with van der Waals surface area (Å²) < 4.78 is 0. The molecule has 0 aromatic heterocycles. The molecule has 0 spiro atoms. The van der Waals surface area contributed by atoms with Crippen LogP contribution in [-0.2, 0) is 19.5 Å². The summed E-state index contributed by atoms with van der Waals surface area (Å²) in [5.74, 6) is 0. The maximum absolute atomic E-state index is 4.04. The van der Waals surface area contributed by atoms with Crippen molar-refractivity contribution in [2.45, 2.75) is 52.4 Å². The third kappa shape index (κ3) is 6.79. The van der Waals surface area contributed by atoms with E-state index in [4.69, 9.17) is 0 Å². The topological polar surface area (TPSA) is 0 Å². The van der Waals surface area contributed by atoms with E-state index in [-0.39, 0.29) is 19.5 Å². The van der Waals surface area contributed by atoms with Crippen molar-refractivity contribution >= 4 is 0 Å². The van der Waals surface area contributed by atoms with Gasteiger partial charge < -0.3 is 0 Å². The first-order valence-electron chi connectivity index (χ1n) is 6.23. The van der Waals surface area contributed by atoms with Crippen molar-refractivity contribution in [2.24, 2.45) is 0 Å². The molecule has 0 N–H and O–H groups in total. The molecule has 17 heavy (non-hydrogen) atoms. The Morgan fingerprint density at radius 3 is 1.59 bits per heavy atom. The molecular formula is C16H24Ru+2. The maximum Gasteiger partial charge on any atom is 2.00 e. The summed E-state index contributed by atoms with van der Waals surface area (Å²) in [4.78, 5) is 0. The van der Waals surface area contributed by atoms with Gasteiger partial charge in [-0.2, -0.15) is 0 Å². The molecule has 1 rings (SSSR count). The molecular weight excluding hydrogens is 293 g/mol. The fraction of sp³-hybridized carbons (Fsp3) is 0.500. The molecule has 0 aromatic carbocycles. The first kappa shape index (κ1) is 16.6. The Balaban J connectivity index is 0.00000256. The van der Waals surface area contributed by atoms with Crippen molar-refractivity contribution in [1.29, 1.82) is 0 Å². The zero-order chi connectivity index (χ0) is 12.0. The molecule has 0 saturated carbocycles. The molecule has 0 radical (unpaired) electrons. The molecule has 1 heteroatoms. The smallest absolute Gasteiger partial charge is 0.0998 e. The van der Waals surface area contributed by atoms with E-state index in [1.54, 1.807) is 11.1 Å². The van der Waals surface area contributed by atoms with Crippen LogP contribution in [0.4, 0.5) is 0 Å². The molecule has 0 atom stereocenters. The van der Waals surface area contributed by atoms with Gasteiger partial charge in [-0.3, -0.25) is 0 Å². The Labute approximate surface area is 119 Å². The minimum atomic E-state index is 0. The summed E-state index contributed by atoms with van der Waals surface area (Å²) in [6.07, 6.45) is 11.6. The van der Waals surface area contributed by atoms with Gasteiger partial charge in [0.15, 0.2) is 0 Å². The van der Waals surface area contributed by atoms with Crippen molar-refractivity contribution in [1.82, 2.24) is 0 Å². The Bertz CT molecular complexity index is 299. The molecule has 0 amide bonds. The fourth-order valence-corrected chi connectivity index (χ4v) is 2.26. The van der Waals surface area contributed by atoms with E-state index in [0.29, 0.717) is 0 Å². The molecule has 1 aliphatic carbocycles. The predicted octanol–water partition coefficient (Wildman–Crippen LogP) is 5.34. The van der Waals surface area contributed by atoms with Crippen LogP contribution in [-0.4, -0.2) is 0 Å². The standard InChI is InChI=1S/C16H24.Ru/c1-13(2)11-15-9-7-5-6-8-10-16(15)12-14(3)4;/h5-6H,1,3,7-12H2,2,4H3;/q;+2/b6-5-,16-15-;. The van der Waals surface area contributed by atoms with E-state index in [1.165, 1.54) is 36.8 Å². The molecule has 0 unspecified atom stereocenters. The van der Waals surface area contributed by atoms with E-state index in [2.05, 4.69) is 39.2 Å². The molecule has 94 valence electrons. The summed E-state index contributed by atoms with van der Waals surface area (Å²) in [5.41, 5.74) is 5.78. The normalized spacial score (nSPS) is 22.0. The average Bonchev–Trinajstić information content (AvgIpc) is 2.15. The van der Waals surface area contributed by atoms with Gasteiger partial charge >= 0.3 is 19.5 Å². The van der Waals surface area contributed by atoms with Crippen LogP contribution in [0.1, 0.15) is 52.4 Å². The maximum atomic E-state index is 4.04. The van der Waals surface area contributed by atoms with Crippen molar-refractivity contribution in [3.8, 4) is 0 Å². The number of hydrogen-bond donors (Lipinski definition) is 0. The van der Waals surface area contributed by atoms with Crippen LogP contribution >= 0.6 is 0 Å². The molecule has 0 saturated heterocycles. The van der Waals surface area contributed by atoms with Crippen LogP contribution in [0.15, 0.2) is 47.6 Å². The second-order valence-electron chi connectivity index (χ2n) is 5.02. The van der Waals surface area contributed by atoms with Crippen LogP contribution in [0.5, 0.6) is 0 Å². The first-order valence-corrected chi connectivity index (χ1v) is 6.23. The van der Waals surface area contributed by atoms with Crippen molar-refractivity contribution in [3.63, 3.8) is 0 Å². The van der Waals surface area contributed by atoms with Gasteiger partial charge in [0, 0.05) is 0 Å². The van der Waals surface area contributed by atoms with Crippen molar-refractivity contribution in [2.75, 3.05) is 0 Å². The molecule has 0 aromatic rings. The van der Waals surface area contributed by atoms with Gasteiger partial charge in [0.05, 0.1) is 0 Å². The zero-order valence-corrected chi connectivity index (χ0v) is 12.9.